The molecule has 1 N–H and O–H groups in total. The minimum Gasteiger partial charge on any atom is -0.463 e. The number of carbonyl (C=O) groups excluding carboxylic acids is 3. The van der Waals surface area contributed by atoms with Gasteiger partial charge in [-0.25, -0.2) is 14.4 Å². The van der Waals surface area contributed by atoms with E-state index in [2.05, 4.69) is 5.32 Å². The van der Waals surface area contributed by atoms with Crippen molar-refractivity contribution in [3.8, 4) is 0 Å². The van der Waals surface area contributed by atoms with E-state index in [4.69, 9.17) is 18.9 Å². The minimum absolute atomic E-state index is 0.0468. The molecule has 0 unspecified atom stereocenters. The zero-order chi connectivity index (χ0) is 22.6. The Morgan fingerprint density at radius 2 is 1.53 bits per heavy atom. The van der Waals surface area contributed by atoms with Gasteiger partial charge in [-0.1, -0.05) is 25.7 Å². The van der Waals surface area contributed by atoms with Crippen molar-refractivity contribution in [2.24, 2.45) is 5.92 Å². The lowest BCUT2D eigenvalue weighted by atomic mass is 9.96. The Labute approximate surface area is 180 Å². The Morgan fingerprint density at radius 3 is 2.03 bits per heavy atom. The molecule has 1 aliphatic rings. The lowest BCUT2D eigenvalue weighted by Crippen LogP contribution is -2.52. The van der Waals surface area contributed by atoms with E-state index in [9.17, 15) is 14.4 Å². The van der Waals surface area contributed by atoms with E-state index in [-0.39, 0.29) is 32.8 Å². The molecule has 0 radical (unpaired) electrons. The van der Waals surface area contributed by atoms with Gasteiger partial charge in [-0.2, -0.15) is 0 Å². The van der Waals surface area contributed by atoms with Gasteiger partial charge in [0.25, 0.3) is 5.60 Å². The van der Waals surface area contributed by atoms with E-state index < -0.39 is 29.2 Å². The summed E-state index contributed by atoms with van der Waals surface area (Å²) in [6.07, 6.45) is 5.32. The standard InChI is InChI=1S/C22H39NO7/c1-6-27-18(24)22(19(25)28-7-2,29-16-13-17-11-8-9-12-17)14-10-15-23-20(26)30-21(3,4)5/h17H,6-16H2,1-5H3,(H,23,26). The van der Waals surface area contributed by atoms with Crippen LogP contribution >= 0.6 is 0 Å². The van der Waals surface area contributed by atoms with Gasteiger partial charge in [-0.3, -0.25) is 0 Å². The molecule has 0 atom stereocenters. The second-order valence-corrected chi connectivity index (χ2v) is 8.59. The zero-order valence-electron chi connectivity index (χ0n) is 19.2. The Morgan fingerprint density at radius 1 is 0.967 bits per heavy atom. The van der Waals surface area contributed by atoms with Gasteiger partial charge in [-0.05, 0) is 53.4 Å². The molecule has 0 heterocycles. The average Bonchev–Trinajstić information content (AvgIpc) is 3.16. The highest BCUT2D eigenvalue weighted by molar-refractivity contribution is 6.03. The first-order valence-electron chi connectivity index (χ1n) is 11.1. The Bertz CT molecular complexity index is 532. The number of carbonyl (C=O) groups is 3. The van der Waals surface area contributed by atoms with Crippen LogP contribution in [0.5, 0.6) is 0 Å². The molecule has 1 rings (SSSR count). The lowest BCUT2D eigenvalue weighted by Gasteiger charge is -2.30. The summed E-state index contributed by atoms with van der Waals surface area (Å²) in [6, 6.07) is 0. The molecule has 1 saturated carbocycles. The molecule has 30 heavy (non-hydrogen) atoms. The van der Waals surface area contributed by atoms with Crippen LogP contribution < -0.4 is 5.32 Å². The predicted octanol–water partition coefficient (Wildman–Crippen LogP) is 3.75. The summed E-state index contributed by atoms with van der Waals surface area (Å²) in [7, 11) is 0. The van der Waals surface area contributed by atoms with Crippen LogP contribution in [0.25, 0.3) is 0 Å². The maximum atomic E-state index is 12.8. The van der Waals surface area contributed by atoms with Crippen molar-refractivity contribution in [3.05, 3.63) is 0 Å². The van der Waals surface area contributed by atoms with E-state index in [0.29, 0.717) is 12.3 Å². The first-order chi connectivity index (χ1) is 14.1. The molecule has 174 valence electrons. The molecular weight excluding hydrogens is 390 g/mol. The molecule has 1 aliphatic carbocycles. The molecule has 1 amide bonds. The van der Waals surface area contributed by atoms with E-state index in [1.165, 1.54) is 12.8 Å². The molecule has 0 aliphatic heterocycles. The molecule has 0 spiro atoms. The van der Waals surface area contributed by atoms with Crippen LogP contribution in [-0.2, 0) is 28.5 Å². The minimum atomic E-state index is -1.82. The number of nitrogens with one attached hydrogen (secondary N) is 1. The van der Waals surface area contributed by atoms with Crippen molar-refractivity contribution in [2.75, 3.05) is 26.4 Å². The molecule has 8 nitrogen and oxygen atoms in total. The summed E-state index contributed by atoms with van der Waals surface area (Å²) in [5.74, 6) is -0.930. The molecule has 8 heteroatoms. The predicted molar refractivity (Wildman–Crippen MR) is 112 cm³/mol. The smallest absolute Gasteiger partial charge is 0.407 e. The Hall–Kier alpha value is -1.83. The quantitative estimate of drug-likeness (QED) is 0.218. The number of ether oxygens (including phenoxy) is 4. The first kappa shape index (κ1) is 26.2. The fourth-order valence-corrected chi connectivity index (χ4v) is 3.51. The fourth-order valence-electron chi connectivity index (χ4n) is 3.51. The SMILES string of the molecule is CCOC(=O)C(CCCNC(=O)OC(C)(C)C)(OCCC1CCCC1)C(=O)OCC. The zero-order valence-corrected chi connectivity index (χ0v) is 19.2. The molecule has 0 bridgehead atoms. The number of hydrogen-bond acceptors (Lipinski definition) is 7. The van der Waals surface area contributed by atoms with Gasteiger partial charge in [-0.15, -0.1) is 0 Å². The number of amides is 1. The molecule has 0 saturated heterocycles. The highest BCUT2D eigenvalue weighted by atomic mass is 16.6. The van der Waals surface area contributed by atoms with E-state index in [1.54, 1.807) is 34.6 Å². The van der Waals surface area contributed by atoms with Crippen LogP contribution in [0.2, 0.25) is 0 Å². The highest BCUT2D eigenvalue weighted by Gasteiger charge is 2.50. The summed E-state index contributed by atoms with van der Waals surface area (Å²) >= 11 is 0. The van der Waals surface area contributed by atoms with Gasteiger partial charge < -0.3 is 24.3 Å². The number of alkyl carbamates (subject to hydrolysis) is 1. The Balaban J connectivity index is 2.77. The lowest BCUT2D eigenvalue weighted by molar-refractivity contribution is -0.192. The monoisotopic (exact) mass is 429 g/mol. The molecule has 1 fully saturated rings. The first-order valence-corrected chi connectivity index (χ1v) is 11.1. The summed E-state index contributed by atoms with van der Waals surface area (Å²) in [5, 5.41) is 2.63. The van der Waals surface area contributed by atoms with Crippen LogP contribution in [0.4, 0.5) is 4.79 Å². The van der Waals surface area contributed by atoms with Crippen molar-refractivity contribution in [1.82, 2.24) is 5.32 Å². The topological polar surface area (TPSA) is 100 Å². The van der Waals surface area contributed by atoms with E-state index in [0.717, 1.165) is 19.3 Å². The highest BCUT2D eigenvalue weighted by Crippen LogP contribution is 2.29. The maximum Gasteiger partial charge on any atom is 0.407 e. The van der Waals surface area contributed by atoms with Gasteiger partial charge in [0.2, 0.25) is 0 Å². The normalized spacial score (nSPS) is 15.0. The van der Waals surface area contributed by atoms with Gasteiger partial charge in [0.1, 0.15) is 5.60 Å². The van der Waals surface area contributed by atoms with Crippen molar-refractivity contribution in [1.29, 1.82) is 0 Å². The molecular formula is C22H39NO7. The van der Waals surface area contributed by atoms with Crippen LogP contribution in [0.1, 0.15) is 79.6 Å². The van der Waals surface area contributed by atoms with E-state index in [1.807, 2.05) is 0 Å². The third kappa shape index (κ3) is 8.90. The third-order valence-corrected chi connectivity index (χ3v) is 4.93. The van der Waals surface area contributed by atoms with Crippen molar-refractivity contribution in [2.45, 2.75) is 90.8 Å². The summed E-state index contributed by atoms with van der Waals surface area (Å²) < 4.78 is 21.4. The van der Waals surface area contributed by atoms with Crippen LogP contribution in [-0.4, -0.2) is 55.6 Å². The van der Waals surface area contributed by atoms with Gasteiger partial charge in [0.05, 0.1) is 13.2 Å². The average molecular weight is 430 g/mol. The number of esters is 2. The largest absolute Gasteiger partial charge is 0.463 e. The van der Waals surface area contributed by atoms with Crippen molar-refractivity contribution < 1.29 is 33.3 Å². The molecule has 0 aromatic carbocycles. The van der Waals surface area contributed by atoms with Gasteiger partial charge >= 0.3 is 18.0 Å². The maximum absolute atomic E-state index is 12.8. The fraction of sp³-hybridized carbons (Fsp3) is 0.864. The molecule has 0 aromatic rings. The summed E-state index contributed by atoms with van der Waals surface area (Å²) in [4.78, 5) is 37.4. The second kappa shape index (κ2) is 12.8. The van der Waals surface area contributed by atoms with Crippen molar-refractivity contribution in [3.63, 3.8) is 0 Å². The molecule has 0 aromatic heterocycles. The van der Waals surface area contributed by atoms with Gasteiger partial charge in [0.15, 0.2) is 0 Å². The van der Waals surface area contributed by atoms with Crippen LogP contribution in [0, 0.1) is 5.92 Å². The Kier molecular flexibility index (Phi) is 11.2. The van der Waals surface area contributed by atoms with E-state index >= 15 is 0 Å². The van der Waals surface area contributed by atoms with Crippen LogP contribution in [0.15, 0.2) is 0 Å². The summed E-state index contributed by atoms with van der Waals surface area (Å²) in [5.41, 5.74) is -2.42. The third-order valence-electron chi connectivity index (χ3n) is 4.93. The second-order valence-electron chi connectivity index (χ2n) is 8.59. The summed E-state index contributed by atoms with van der Waals surface area (Å²) in [6.45, 7) is 9.44. The number of hydrogen-bond donors (Lipinski definition) is 1. The van der Waals surface area contributed by atoms with Crippen LogP contribution in [0.3, 0.4) is 0 Å². The van der Waals surface area contributed by atoms with Crippen molar-refractivity contribution >= 4 is 18.0 Å². The number of rotatable bonds is 12. The van der Waals surface area contributed by atoms with Gasteiger partial charge in [0, 0.05) is 19.6 Å².